The number of methoxy groups -OCH3 is 1. The lowest BCUT2D eigenvalue weighted by atomic mass is 10.2. The molecule has 0 amide bonds. The van der Waals surface area contributed by atoms with E-state index >= 15 is 0 Å². The van der Waals surface area contributed by atoms with Crippen molar-refractivity contribution < 1.29 is 21.6 Å². The molecule has 0 aromatic heterocycles. The van der Waals surface area contributed by atoms with Gasteiger partial charge in [-0.3, -0.25) is 4.90 Å². The van der Waals surface area contributed by atoms with Gasteiger partial charge in [-0.2, -0.15) is 4.31 Å². The SMILES string of the molecule is COc1cccc(S(=O)(=O)CCN2CCN(S(=O)(=O)c3ccc(C)cc3C)CC2)c1. The van der Waals surface area contributed by atoms with Gasteiger partial charge in [-0.05, 0) is 43.7 Å². The van der Waals surface area contributed by atoms with E-state index in [1.54, 1.807) is 37.3 Å². The summed E-state index contributed by atoms with van der Waals surface area (Å²) in [6, 6.07) is 11.8. The molecule has 7 nitrogen and oxygen atoms in total. The van der Waals surface area contributed by atoms with E-state index in [-0.39, 0.29) is 10.6 Å². The average Bonchev–Trinajstić information content (AvgIpc) is 2.72. The minimum atomic E-state index is -3.55. The van der Waals surface area contributed by atoms with Crippen LogP contribution in [-0.4, -0.2) is 71.6 Å². The molecule has 1 aliphatic rings. The van der Waals surface area contributed by atoms with E-state index in [1.165, 1.54) is 17.5 Å². The molecule has 1 saturated heterocycles. The van der Waals surface area contributed by atoms with Gasteiger partial charge < -0.3 is 4.74 Å². The number of piperazine rings is 1. The van der Waals surface area contributed by atoms with Crippen molar-refractivity contribution in [1.82, 2.24) is 9.21 Å². The number of benzene rings is 2. The predicted molar refractivity (Wildman–Crippen MR) is 116 cm³/mol. The summed E-state index contributed by atoms with van der Waals surface area (Å²) in [6.45, 7) is 5.78. The monoisotopic (exact) mass is 452 g/mol. The topological polar surface area (TPSA) is 84.0 Å². The maximum atomic E-state index is 13.0. The number of rotatable bonds is 7. The lowest BCUT2D eigenvalue weighted by Gasteiger charge is -2.34. The van der Waals surface area contributed by atoms with Gasteiger partial charge in [0, 0.05) is 32.7 Å². The van der Waals surface area contributed by atoms with Gasteiger partial charge in [0.15, 0.2) is 9.84 Å². The molecule has 30 heavy (non-hydrogen) atoms. The first-order valence-electron chi connectivity index (χ1n) is 9.80. The van der Waals surface area contributed by atoms with Crippen molar-refractivity contribution in [2.45, 2.75) is 23.6 Å². The zero-order valence-corrected chi connectivity index (χ0v) is 19.2. The van der Waals surface area contributed by atoms with Crippen molar-refractivity contribution >= 4 is 19.9 Å². The Morgan fingerprint density at radius 1 is 0.933 bits per heavy atom. The molecule has 0 atom stereocenters. The molecule has 0 N–H and O–H groups in total. The Hall–Kier alpha value is -1.94. The zero-order chi connectivity index (χ0) is 21.9. The van der Waals surface area contributed by atoms with E-state index in [4.69, 9.17) is 4.74 Å². The minimum absolute atomic E-state index is 0.0238. The van der Waals surface area contributed by atoms with E-state index < -0.39 is 19.9 Å². The van der Waals surface area contributed by atoms with Crippen LogP contribution in [0.2, 0.25) is 0 Å². The molecular formula is C21H28N2O5S2. The summed E-state index contributed by atoms with van der Waals surface area (Å²) in [5.41, 5.74) is 1.76. The largest absolute Gasteiger partial charge is 0.497 e. The first kappa shape index (κ1) is 22.7. The summed E-state index contributed by atoms with van der Waals surface area (Å²) in [5.74, 6) is 0.477. The van der Waals surface area contributed by atoms with Crippen molar-refractivity contribution in [2.24, 2.45) is 0 Å². The van der Waals surface area contributed by atoms with E-state index in [0.29, 0.717) is 43.4 Å². The number of hydrogen-bond acceptors (Lipinski definition) is 6. The van der Waals surface area contributed by atoms with Crippen LogP contribution in [0.1, 0.15) is 11.1 Å². The molecule has 0 unspecified atom stereocenters. The summed E-state index contributed by atoms with van der Waals surface area (Å²) in [6.07, 6.45) is 0. The van der Waals surface area contributed by atoms with Crippen LogP contribution in [0.25, 0.3) is 0 Å². The molecule has 0 radical (unpaired) electrons. The fraction of sp³-hybridized carbons (Fsp3) is 0.429. The first-order chi connectivity index (χ1) is 14.1. The van der Waals surface area contributed by atoms with Gasteiger partial charge in [0.25, 0.3) is 0 Å². The van der Waals surface area contributed by atoms with Gasteiger partial charge in [-0.1, -0.05) is 23.8 Å². The Bertz CT molecular complexity index is 1110. The van der Waals surface area contributed by atoms with E-state index in [0.717, 1.165) is 11.1 Å². The maximum absolute atomic E-state index is 13.0. The van der Waals surface area contributed by atoms with Crippen LogP contribution >= 0.6 is 0 Å². The predicted octanol–water partition coefficient (Wildman–Crippen LogP) is 2.09. The molecule has 3 rings (SSSR count). The third-order valence-corrected chi connectivity index (χ3v) is 9.11. The van der Waals surface area contributed by atoms with Crippen LogP contribution in [0.15, 0.2) is 52.3 Å². The Labute approximate surface area is 179 Å². The van der Waals surface area contributed by atoms with Gasteiger partial charge in [-0.25, -0.2) is 16.8 Å². The summed E-state index contributed by atoms with van der Waals surface area (Å²) < 4.78 is 57.8. The molecular weight excluding hydrogens is 424 g/mol. The Balaban J connectivity index is 1.60. The van der Waals surface area contributed by atoms with Crippen LogP contribution < -0.4 is 4.74 Å². The molecule has 9 heteroatoms. The third kappa shape index (κ3) is 5.03. The zero-order valence-electron chi connectivity index (χ0n) is 17.5. The Morgan fingerprint density at radius 3 is 2.27 bits per heavy atom. The third-order valence-electron chi connectivity index (χ3n) is 5.36. The molecule has 0 spiro atoms. The quantitative estimate of drug-likeness (QED) is 0.640. The second-order valence-electron chi connectivity index (χ2n) is 7.51. The standard InChI is InChI=1S/C21H28N2O5S2/c1-17-7-8-21(18(2)15-17)30(26,27)23-11-9-22(10-12-23)13-14-29(24,25)20-6-4-5-19(16-20)28-3/h4-8,15-16H,9-14H2,1-3H3. The van der Waals surface area contributed by atoms with Gasteiger partial charge >= 0.3 is 0 Å². The van der Waals surface area contributed by atoms with Crippen LogP contribution in [0.4, 0.5) is 0 Å². The van der Waals surface area contributed by atoms with Crippen molar-refractivity contribution in [2.75, 3.05) is 45.6 Å². The molecule has 2 aromatic carbocycles. The number of sulfone groups is 1. The van der Waals surface area contributed by atoms with Gasteiger partial charge in [0.1, 0.15) is 5.75 Å². The van der Waals surface area contributed by atoms with Crippen molar-refractivity contribution in [3.05, 3.63) is 53.6 Å². The highest BCUT2D eigenvalue weighted by atomic mass is 32.2. The molecule has 0 aliphatic carbocycles. The highest BCUT2D eigenvalue weighted by Crippen LogP contribution is 2.23. The summed E-state index contributed by atoms with van der Waals surface area (Å²) in [4.78, 5) is 2.56. The van der Waals surface area contributed by atoms with Gasteiger partial charge in [0.05, 0.1) is 22.7 Å². The van der Waals surface area contributed by atoms with Crippen molar-refractivity contribution in [3.8, 4) is 5.75 Å². The van der Waals surface area contributed by atoms with Gasteiger partial charge in [-0.15, -0.1) is 0 Å². The van der Waals surface area contributed by atoms with Crippen LogP contribution in [0.5, 0.6) is 5.75 Å². The second kappa shape index (κ2) is 9.05. The number of sulfonamides is 1. The fourth-order valence-electron chi connectivity index (χ4n) is 3.58. The Morgan fingerprint density at radius 2 is 1.63 bits per heavy atom. The highest BCUT2D eigenvalue weighted by Gasteiger charge is 2.30. The summed E-state index contributed by atoms with van der Waals surface area (Å²) in [5, 5.41) is 0. The van der Waals surface area contributed by atoms with Crippen molar-refractivity contribution in [1.29, 1.82) is 0 Å². The van der Waals surface area contributed by atoms with Crippen LogP contribution in [0, 0.1) is 13.8 Å². The lowest BCUT2D eigenvalue weighted by Crippen LogP contribution is -2.49. The number of aryl methyl sites for hydroxylation is 2. The molecule has 0 bridgehead atoms. The molecule has 1 fully saturated rings. The molecule has 2 aromatic rings. The normalized spacial score (nSPS) is 16.5. The number of ether oxygens (including phenoxy) is 1. The van der Waals surface area contributed by atoms with E-state index in [9.17, 15) is 16.8 Å². The highest BCUT2D eigenvalue weighted by molar-refractivity contribution is 7.91. The van der Waals surface area contributed by atoms with Crippen LogP contribution in [-0.2, 0) is 19.9 Å². The smallest absolute Gasteiger partial charge is 0.243 e. The molecule has 1 heterocycles. The summed E-state index contributed by atoms with van der Waals surface area (Å²) >= 11 is 0. The maximum Gasteiger partial charge on any atom is 0.243 e. The number of hydrogen-bond donors (Lipinski definition) is 0. The first-order valence-corrected chi connectivity index (χ1v) is 12.9. The summed E-state index contributed by atoms with van der Waals surface area (Å²) in [7, 11) is -5.50. The van der Waals surface area contributed by atoms with E-state index in [1.807, 2.05) is 17.9 Å². The fourth-order valence-corrected chi connectivity index (χ4v) is 6.53. The van der Waals surface area contributed by atoms with Crippen molar-refractivity contribution in [3.63, 3.8) is 0 Å². The lowest BCUT2D eigenvalue weighted by molar-refractivity contribution is 0.197. The van der Waals surface area contributed by atoms with E-state index in [2.05, 4.69) is 0 Å². The number of nitrogens with zero attached hydrogens (tertiary/aromatic N) is 2. The Kier molecular flexibility index (Phi) is 6.86. The average molecular weight is 453 g/mol. The van der Waals surface area contributed by atoms with Gasteiger partial charge in [0.2, 0.25) is 10.0 Å². The molecule has 1 aliphatic heterocycles. The molecule has 0 saturated carbocycles. The van der Waals surface area contributed by atoms with Crippen LogP contribution in [0.3, 0.4) is 0 Å². The second-order valence-corrected chi connectivity index (χ2v) is 11.5. The molecule has 164 valence electrons. The minimum Gasteiger partial charge on any atom is -0.497 e.